The Morgan fingerprint density at radius 3 is 2.80 bits per heavy atom. The van der Waals surface area contributed by atoms with Gasteiger partial charge in [-0.2, -0.15) is 0 Å². The van der Waals surface area contributed by atoms with Crippen molar-refractivity contribution in [3.63, 3.8) is 0 Å². The highest BCUT2D eigenvalue weighted by atomic mass is 16.2. The van der Waals surface area contributed by atoms with Gasteiger partial charge >= 0.3 is 0 Å². The zero-order chi connectivity index (χ0) is 17.4. The van der Waals surface area contributed by atoms with E-state index < -0.39 is 0 Å². The van der Waals surface area contributed by atoms with Gasteiger partial charge < -0.3 is 9.47 Å². The summed E-state index contributed by atoms with van der Waals surface area (Å²) in [6.45, 7) is 3.59. The summed E-state index contributed by atoms with van der Waals surface area (Å²) in [5.74, 6) is 1.51. The van der Waals surface area contributed by atoms with Crippen LogP contribution in [-0.2, 0) is 7.05 Å². The molecule has 1 unspecified atom stereocenters. The molecule has 4 rings (SSSR count). The maximum absolute atomic E-state index is 12.9. The van der Waals surface area contributed by atoms with Gasteiger partial charge in [0.25, 0.3) is 5.91 Å². The molecule has 1 fully saturated rings. The predicted molar refractivity (Wildman–Crippen MR) is 99.8 cm³/mol. The lowest BCUT2D eigenvalue weighted by atomic mass is 9.96. The van der Waals surface area contributed by atoms with Gasteiger partial charge in [0.05, 0.1) is 11.0 Å². The number of carbonyl (C=O) groups excluding carboxylic acids is 1. The van der Waals surface area contributed by atoms with E-state index in [-0.39, 0.29) is 5.91 Å². The summed E-state index contributed by atoms with van der Waals surface area (Å²) < 4.78 is 2.18. The third kappa shape index (κ3) is 2.93. The molecule has 25 heavy (non-hydrogen) atoms. The largest absolute Gasteiger partial charge is 0.338 e. The van der Waals surface area contributed by atoms with Crippen molar-refractivity contribution in [3.05, 3.63) is 65.5 Å². The molecule has 4 nitrogen and oxygen atoms in total. The van der Waals surface area contributed by atoms with E-state index in [1.165, 1.54) is 0 Å². The summed E-state index contributed by atoms with van der Waals surface area (Å²) in [6, 6.07) is 16.1. The minimum absolute atomic E-state index is 0.132. The fourth-order valence-electron chi connectivity index (χ4n) is 3.86. The van der Waals surface area contributed by atoms with Crippen LogP contribution < -0.4 is 0 Å². The fourth-order valence-corrected chi connectivity index (χ4v) is 3.86. The van der Waals surface area contributed by atoms with Crippen LogP contribution in [0, 0.1) is 6.92 Å². The maximum Gasteiger partial charge on any atom is 0.253 e. The highest BCUT2D eigenvalue weighted by molar-refractivity contribution is 5.94. The number of carbonyl (C=O) groups is 1. The van der Waals surface area contributed by atoms with Crippen molar-refractivity contribution in [2.24, 2.45) is 7.05 Å². The summed E-state index contributed by atoms with van der Waals surface area (Å²) in [7, 11) is 2.08. The van der Waals surface area contributed by atoms with Gasteiger partial charge in [-0.1, -0.05) is 29.8 Å². The van der Waals surface area contributed by atoms with Crippen LogP contribution >= 0.6 is 0 Å². The van der Waals surface area contributed by atoms with Gasteiger partial charge in [-0.05, 0) is 44.0 Å². The normalized spacial score (nSPS) is 17.8. The van der Waals surface area contributed by atoms with E-state index in [2.05, 4.69) is 23.7 Å². The molecule has 1 saturated heterocycles. The highest BCUT2D eigenvalue weighted by Gasteiger charge is 2.28. The first-order valence-corrected chi connectivity index (χ1v) is 8.91. The van der Waals surface area contributed by atoms with E-state index in [0.717, 1.165) is 53.9 Å². The molecular formula is C21H23N3O. The lowest BCUT2D eigenvalue weighted by Crippen LogP contribution is -2.39. The number of aryl methyl sites for hydroxylation is 2. The zero-order valence-corrected chi connectivity index (χ0v) is 14.8. The first-order valence-electron chi connectivity index (χ1n) is 8.91. The Morgan fingerprint density at radius 1 is 1.16 bits per heavy atom. The number of hydrogen-bond acceptors (Lipinski definition) is 2. The van der Waals surface area contributed by atoms with E-state index in [4.69, 9.17) is 4.98 Å². The molecule has 3 aromatic rings. The molecule has 0 N–H and O–H groups in total. The van der Waals surface area contributed by atoms with Crippen LogP contribution in [0.3, 0.4) is 0 Å². The molecule has 1 atom stereocenters. The maximum atomic E-state index is 12.9. The first-order chi connectivity index (χ1) is 12.1. The van der Waals surface area contributed by atoms with E-state index >= 15 is 0 Å². The number of amides is 1. The number of rotatable bonds is 2. The van der Waals surface area contributed by atoms with Crippen LogP contribution in [0.1, 0.15) is 40.5 Å². The van der Waals surface area contributed by atoms with Crippen LogP contribution in [0.5, 0.6) is 0 Å². The van der Waals surface area contributed by atoms with Crippen molar-refractivity contribution >= 4 is 16.9 Å². The van der Waals surface area contributed by atoms with E-state index in [0.29, 0.717) is 5.92 Å². The van der Waals surface area contributed by atoms with E-state index in [1.807, 2.05) is 48.2 Å². The average Bonchev–Trinajstić information content (AvgIpc) is 2.98. The SMILES string of the molecule is Cc1cccc(C(=O)N2CCCC(c3nc4ccccc4n3C)C2)c1. The molecule has 0 bridgehead atoms. The van der Waals surface area contributed by atoms with Crippen molar-refractivity contribution < 1.29 is 4.79 Å². The lowest BCUT2D eigenvalue weighted by molar-refractivity contribution is 0.0703. The number of fused-ring (bicyclic) bond motifs is 1. The summed E-state index contributed by atoms with van der Waals surface area (Å²) in [4.78, 5) is 19.7. The number of likely N-dealkylation sites (tertiary alicyclic amines) is 1. The second-order valence-electron chi connectivity index (χ2n) is 6.98. The summed E-state index contributed by atoms with van der Waals surface area (Å²) >= 11 is 0. The molecule has 1 aliphatic rings. The van der Waals surface area contributed by atoms with Crippen molar-refractivity contribution in [1.29, 1.82) is 0 Å². The number of imidazole rings is 1. The predicted octanol–water partition coefficient (Wildman–Crippen LogP) is 3.90. The lowest BCUT2D eigenvalue weighted by Gasteiger charge is -2.32. The van der Waals surface area contributed by atoms with E-state index in [9.17, 15) is 4.79 Å². The van der Waals surface area contributed by atoms with Gasteiger partial charge in [0.1, 0.15) is 5.82 Å². The first kappa shape index (κ1) is 15.9. The van der Waals surface area contributed by atoms with Gasteiger partial charge in [0, 0.05) is 31.6 Å². The highest BCUT2D eigenvalue weighted by Crippen LogP contribution is 2.29. The molecule has 2 heterocycles. The fraction of sp³-hybridized carbons (Fsp3) is 0.333. The quantitative estimate of drug-likeness (QED) is 0.713. The molecule has 128 valence electrons. The van der Waals surface area contributed by atoms with Crippen molar-refractivity contribution in [2.45, 2.75) is 25.7 Å². The summed E-state index contributed by atoms with van der Waals surface area (Å²) in [5, 5.41) is 0. The number of benzene rings is 2. The third-order valence-corrected chi connectivity index (χ3v) is 5.16. The standard InChI is InChI=1S/C21H23N3O/c1-15-7-5-8-16(13-15)21(25)24-12-6-9-17(14-24)20-22-18-10-3-4-11-19(18)23(20)2/h3-5,7-8,10-11,13,17H,6,9,12,14H2,1-2H3. The molecule has 1 aromatic heterocycles. The van der Waals surface area contributed by atoms with Crippen LogP contribution in [0.2, 0.25) is 0 Å². The Hall–Kier alpha value is -2.62. The van der Waals surface area contributed by atoms with Crippen molar-refractivity contribution in [3.8, 4) is 0 Å². The van der Waals surface area contributed by atoms with Gasteiger partial charge in [-0.15, -0.1) is 0 Å². The molecule has 0 radical (unpaired) electrons. The third-order valence-electron chi connectivity index (χ3n) is 5.16. The minimum atomic E-state index is 0.132. The number of nitrogens with zero attached hydrogens (tertiary/aromatic N) is 3. The molecule has 0 spiro atoms. The molecule has 2 aromatic carbocycles. The smallest absolute Gasteiger partial charge is 0.253 e. The van der Waals surface area contributed by atoms with Crippen LogP contribution in [-0.4, -0.2) is 33.4 Å². The monoisotopic (exact) mass is 333 g/mol. The number of hydrogen-bond donors (Lipinski definition) is 0. The second kappa shape index (κ2) is 6.36. The van der Waals surface area contributed by atoms with Crippen molar-refractivity contribution in [1.82, 2.24) is 14.5 Å². The molecule has 0 aliphatic carbocycles. The topological polar surface area (TPSA) is 38.1 Å². The molecule has 0 saturated carbocycles. The van der Waals surface area contributed by atoms with Crippen LogP contribution in [0.4, 0.5) is 0 Å². The Bertz CT molecular complexity index is 928. The Labute approximate surface area is 148 Å². The Balaban J connectivity index is 1.60. The van der Waals surface area contributed by atoms with Crippen LogP contribution in [0.15, 0.2) is 48.5 Å². The Morgan fingerprint density at radius 2 is 2.00 bits per heavy atom. The average molecular weight is 333 g/mol. The second-order valence-corrected chi connectivity index (χ2v) is 6.98. The van der Waals surface area contributed by atoms with Gasteiger partial charge in [-0.3, -0.25) is 4.79 Å². The van der Waals surface area contributed by atoms with Gasteiger partial charge in [-0.25, -0.2) is 4.98 Å². The van der Waals surface area contributed by atoms with E-state index in [1.54, 1.807) is 0 Å². The van der Waals surface area contributed by atoms with Gasteiger partial charge in [0.2, 0.25) is 0 Å². The zero-order valence-electron chi connectivity index (χ0n) is 14.8. The molecular weight excluding hydrogens is 310 g/mol. The molecule has 4 heteroatoms. The van der Waals surface area contributed by atoms with Gasteiger partial charge in [0.15, 0.2) is 0 Å². The van der Waals surface area contributed by atoms with Crippen LogP contribution in [0.25, 0.3) is 11.0 Å². The number of aromatic nitrogens is 2. The number of para-hydroxylation sites is 2. The summed E-state index contributed by atoms with van der Waals surface area (Å²) in [5.41, 5.74) is 4.09. The van der Waals surface area contributed by atoms with Crippen molar-refractivity contribution in [2.75, 3.05) is 13.1 Å². The Kier molecular flexibility index (Phi) is 4.04. The number of piperidine rings is 1. The molecule has 1 amide bonds. The summed E-state index contributed by atoms with van der Waals surface area (Å²) in [6.07, 6.45) is 2.10. The molecule has 1 aliphatic heterocycles. The minimum Gasteiger partial charge on any atom is -0.338 e.